The highest BCUT2D eigenvalue weighted by atomic mass is 79.9. The van der Waals surface area contributed by atoms with Gasteiger partial charge in [-0.1, -0.05) is 0 Å². The minimum atomic E-state index is -0.389. The van der Waals surface area contributed by atoms with Gasteiger partial charge in [-0.05, 0) is 28.9 Å². The van der Waals surface area contributed by atoms with Gasteiger partial charge in [0.15, 0.2) is 0 Å². The summed E-state index contributed by atoms with van der Waals surface area (Å²) in [5.41, 5.74) is 2.43. The quantitative estimate of drug-likeness (QED) is 0.479. The van der Waals surface area contributed by atoms with Crippen LogP contribution in [0.25, 0.3) is 0 Å². The molecule has 0 saturated heterocycles. The number of amides is 1. The first kappa shape index (κ1) is 10.9. The summed E-state index contributed by atoms with van der Waals surface area (Å²) in [6, 6.07) is 1.55. The highest BCUT2D eigenvalue weighted by Crippen LogP contribution is 2.25. The van der Waals surface area contributed by atoms with Crippen LogP contribution in [0, 0.1) is 0 Å². The Morgan fingerprint density at radius 3 is 3.07 bits per heavy atom. The van der Waals surface area contributed by atoms with Gasteiger partial charge in [0.25, 0.3) is 5.91 Å². The van der Waals surface area contributed by atoms with Gasteiger partial charge in [0.1, 0.15) is 0 Å². The molecule has 14 heavy (non-hydrogen) atoms. The highest BCUT2D eigenvalue weighted by molar-refractivity contribution is 9.10. The number of nitrogens with zero attached hydrogens (tertiary/aromatic N) is 1. The molecule has 0 saturated carbocycles. The summed E-state index contributed by atoms with van der Waals surface area (Å²) in [6.07, 6.45) is 1.49. The number of carbonyl (C=O) groups is 1. The molecule has 1 amide bonds. The Kier molecular flexibility index (Phi) is 3.84. The number of hydrazine groups is 1. The third-order valence-electron chi connectivity index (χ3n) is 1.51. The molecule has 0 atom stereocenters. The minimum absolute atomic E-state index is 0.383. The number of aromatic nitrogens is 1. The first-order chi connectivity index (χ1) is 6.70. The van der Waals surface area contributed by atoms with Crippen molar-refractivity contribution in [2.24, 2.45) is 5.84 Å². The van der Waals surface area contributed by atoms with Gasteiger partial charge < -0.3 is 4.74 Å². The van der Waals surface area contributed by atoms with Gasteiger partial charge in [0, 0.05) is 6.20 Å². The van der Waals surface area contributed by atoms with Gasteiger partial charge in [-0.2, -0.15) is 0 Å². The summed E-state index contributed by atoms with van der Waals surface area (Å²) in [5, 5.41) is 0. The third kappa shape index (κ3) is 2.21. The largest absolute Gasteiger partial charge is 0.477 e. The lowest BCUT2D eigenvalue weighted by Crippen LogP contribution is -2.30. The van der Waals surface area contributed by atoms with Crippen molar-refractivity contribution in [2.45, 2.75) is 6.92 Å². The Morgan fingerprint density at radius 1 is 1.79 bits per heavy atom. The molecular formula is C8H10BrN3O2. The summed E-state index contributed by atoms with van der Waals surface area (Å²) in [7, 11) is 0. The average molecular weight is 260 g/mol. The molecule has 0 bridgehead atoms. The molecule has 6 heteroatoms. The van der Waals surface area contributed by atoms with E-state index in [0.717, 1.165) is 0 Å². The molecule has 0 spiro atoms. The molecule has 0 aliphatic heterocycles. The van der Waals surface area contributed by atoms with Crippen LogP contribution in [0.2, 0.25) is 0 Å². The number of hydrogen-bond donors (Lipinski definition) is 2. The number of carbonyl (C=O) groups excluding carboxylic acids is 1. The van der Waals surface area contributed by atoms with Crippen LogP contribution in [0.1, 0.15) is 17.3 Å². The van der Waals surface area contributed by atoms with Crippen LogP contribution in [0.5, 0.6) is 5.88 Å². The molecule has 1 rings (SSSR count). The summed E-state index contributed by atoms with van der Waals surface area (Å²) in [5.74, 6) is 5.01. The fourth-order valence-corrected chi connectivity index (χ4v) is 1.44. The summed E-state index contributed by atoms with van der Waals surface area (Å²) in [4.78, 5) is 15.2. The number of nitrogens with one attached hydrogen (secondary N) is 1. The van der Waals surface area contributed by atoms with E-state index in [4.69, 9.17) is 10.6 Å². The number of pyridine rings is 1. The molecule has 76 valence electrons. The Morgan fingerprint density at radius 2 is 2.50 bits per heavy atom. The van der Waals surface area contributed by atoms with Crippen molar-refractivity contribution in [3.05, 3.63) is 22.3 Å². The Labute approximate surface area is 89.7 Å². The molecule has 3 N–H and O–H groups in total. The van der Waals surface area contributed by atoms with Crippen molar-refractivity contribution >= 4 is 21.8 Å². The van der Waals surface area contributed by atoms with Crippen molar-refractivity contribution in [1.29, 1.82) is 0 Å². The van der Waals surface area contributed by atoms with Gasteiger partial charge in [-0.25, -0.2) is 10.8 Å². The van der Waals surface area contributed by atoms with Crippen molar-refractivity contribution in [1.82, 2.24) is 10.4 Å². The molecule has 1 aromatic heterocycles. The van der Waals surface area contributed by atoms with E-state index in [-0.39, 0.29) is 5.91 Å². The van der Waals surface area contributed by atoms with Gasteiger partial charge >= 0.3 is 0 Å². The first-order valence-electron chi connectivity index (χ1n) is 3.99. The Balaban J connectivity index is 3.07. The number of rotatable bonds is 3. The molecule has 0 aliphatic rings. The fraction of sp³-hybridized carbons (Fsp3) is 0.250. The predicted molar refractivity (Wildman–Crippen MR) is 54.8 cm³/mol. The Bertz CT molecular complexity index is 343. The first-order valence-corrected chi connectivity index (χ1v) is 4.78. The van der Waals surface area contributed by atoms with E-state index < -0.39 is 0 Å². The fourth-order valence-electron chi connectivity index (χ4n) is 0.915. The maximum Gasteiger partial charge on any atom is 0.266 e. The van der Waals surface area contributed by atoms with E-state index >= 15 is 0 Å². The number of hydrogen-bond acceptors (Lipinski definition) is 4. The predicted octanol–water partition coefficient (Wildman–Crippen LogP) is 0.846. The second kappa shape index (κ2) is 4.92. The van der Waals surface area contributed by atoms with Crippen LogP contribution in [-0.2, 0) is 0 Å². The molecule has 0 unspecified atom stereocenters. The zero-order valence-electron chi connectivity index (χ0n) is 7.58. The van der Waals surface area contributed by atoms with E-state index in [1.54, 1.807) is 6.07 Å². The van der Waals surface area contributed by atoms with E-state index in [1.807, 2.05) is 12.3 Å². The summed E-state index contributed by atoms with van der Waals surface area (Å²) >= 11 is 3.22. The van der Waals surface area contributed by atoms with Gasteiger partial charge in [0.2, 0.25) is 5.88 Å². The van der Waals surface area contributed by atoms with Gasteiger partial charge in [-0.15, -0.1) is 0 Å². The molecule has 0 aliphatic carbocycles. The minimum Gasteiger partial charge on any atom is -0.477 e. The number of halogens is 1. The maximum atomic E-state index is 11.2. The molecule has 1 aromatic rings. The maximum absolute atomic E-state index is 11.2. The van der Waals surface area contributed by atoms with Crippen LogP contribution in [-0.4, -0.2) is 17.5 Å². The van der Waals surface area contributed by atoms with E-state index in [1.165, 1.54) is 6.20 Å². The number of nitrogens with two attached hydrogens (primary N) is 1. The van der Waals surface area contributed by atoms with Gasteiger partial charge in [-0.3, -0.25) is 10.2 Å². The molecule has 0 fully saturated rings. The molecular weight excluding hydrogens is 250 g/mol. The van der Waals surface area contributed by atoms with Crippen molar-refractivity contribution in [3.63, 3.8) is 0 Å². The second-order valence-corrected chi connectivity index (χ2v) is 3.18. The van der Waals surface area contributed by atoms with Crippen LogP contribution in [0.4, 0.5) is 0 Å². The smallest absolute Gasteiger partial charge is 0.266 e. The van der Waals surface area contributed by atoms with Gasteiger partial charge in [0.05, 0.1) is 16.6 Å². The van der Waals surface area contributed by atoms with Crippen LogP contribution >= 0.6 is 15.9 Å². The van der Waals surface area contributed by atoms with Crippen molar-refractivity contribution in [2.75, 3.05) is 6.61 Å². The monoisotopic (exact) mass is 259 g/mol. The van der Waals surface area contributed by atoms with Crippen molar-refractivity contribution in [3.8, 4) is 5.88 Å². The molecule has 0 aromatic carbocycles. The average Bonchev–Trinajstić information content (AvgIpc) is 2.20. The molecule has 1 heterocycles. The summed E-state index contributed by atoms with van der Waals surface area (Å²) < 4.78 is 5.70. The second-order valence-electron chi connectivity index (χ2n) is 2.38. The Hall–Kier alpha value is -1.14. The highest BCUT2D eigenvalue weighted by Gasteiger charge is 2.13. The summed E-state index contributed by atoms with van der Waals surface area (Å²) in [6.45, 7) is 2.32. The molecule has 0 radical (unpaired) electrons. The third-order valence-corrected chi connectivity index (χ3v) is 2.28. The zero-order valence-corrected chi connectivity index (χ0v) is 9.17. The van der Waals surface area contributed by atoms with Crippen LogP contribution in [0.15, 0.2) is 16.7 Å². The number of nitrogen functional groups attached to an aromatic ring is 1. The van der Waals surface area contributed by atoms with E-state index in [2.05, 4.69) is 20.9 Å². The van der Waals surface area contributed by atoms with E-state index in [9.17, 15) is 4.79 Å². The normalized spacial score (nSPS) is 9.64. The lowest BCUT2D eigenvalue weighted by atomic mass is 10.2. The van der Waals surface area contributed by atoms with E-state index in [0.29, 0.717) is 22.5 Å². The molecule has 5 nitrogen and oxygen atoms in total. The zero-order chi connectivity index (χ0) is 10.6. The standard InChI is InChI=1S/C8H10BrN3O2/c1-2-14-8-6(9)5(3-4-11-8)7(13)12-10/h3-4H,2,10H2,1H3,(H,12,13). The van der Waals surface area contributed by atoms with Crippen molar-refractivity contribution < 1.29 is 9.53 Å². The lowest BCUT2D eigenvalue weighted by Gasteiger charge is -2.07. The lowest BCUT2D eigenvalue weighted by molar-refractivity contribution is 0.0952. The SMILES string of the molecule is CCOc1nccc(C(=O)NN)c1Br. The van der Waals surface area contributed by atoms with Crippen LogP contribution in [0.3, 0.4) is 0 Å². The van der Waals surface area contributed by atoms with Crippen LogP contribution < -0.4 is 16.0 Å². The topological polar surface area (TPSA) is 77.2 Å². The number of ether oxygens (including phenoxy) is 1.